The highest BCUT2D eigenvalue weighted by molar-refractivity contribution is 5.76. The molecule has 0 bridgehead atoms. The minimum atomic E-state index is -2.83. The molecule has 0 spiro atoms. The highest BCUT2D eigenvalue weighted by Gasteiger charge is 2.54. The summed E-state index contributed by atoms with van der Waals surface area (Å²) in [5.74, 6) is -3.39. The van der Waals surface area contributed by atoms with Crippen LogP contribution in [0.15, 0.2) is 30.3 Å². The molecule has 0 amide bonds. The molecule has 40 heavy (non-hydrogen) atoms. The Bertz CT molecular complexity index is 983. The second-order valence-electron chi connectivity index (χ2n) is 12.9. The molecule has 6 nitrogen and oxygen atoms in total. The highest BCUT2D eigenvalue weighted by Crippen LogP contribution is 2.53. The first kappa shape index (κ1) is 30.9. The topological polar surface area (TPSA) is 71.1 Å². The van der Waals surface area contributed by atoms with Crippen molar-refractivity contribution in [2.75, 3.05) is 6.79 Å². The molecular weight excluding hydrogens is 518 g/mol. The minimum absolute atomic E-state index is 0.0956. The van der Waals surface area contributed by atoms with E-state index in [2.05, 4.69) is 6.92 Å². The fourth-order valence-corrected chi connectivity index (χ4v) is 6.77. The Hall–Kier alpha value is -2.06. The van der Waals surface area contributed by atoms with Crippen LogP contribution in [0.1, 0.15) is 91.0 Å². The van der Waals surface area contributed by atoms with E-state index in [1.807, 2.05) is 37.3 Å². The van der Waals surface area contributed by atoms with E-state index in [1.54, 1.807) is 13.8 Å². The molecule has 0 aromatic heterocycles. The number of fused-ring (bicyclic) bond motifs is 1. The van der Waals surface area contributed by atoms with Crippen LogP contribution in [-0.2, 0) is 35.1 Å². The number of carbonyl (C=O) groups excluding carboxylic acids is 2. The van der Waals surface area contributed by atoms with Crippen molar-refractivity contribution in [1.29, 1.82) is 0 Å². The summed E-state index contributed by atoms with van der Waals surface area (Å²) in [4.78, 5) is 25.3. The van der Waals surface area contributed by atoms with Crippen LogP contribution in [0.2, 0.25) is 0 Å². The number of rotatable bonds is 11. The minimum Gasteiger partial charge on any atom is -0.462 e. The first-order valence-electron chi connectivity index (χ1n) is 15.0. The standard InChI is InChI=1S/C32H46F2O6/c1-5-31(3,4)30(36)40-27-18-32(33,34)17-23-12-11-21(2)26(29(23)27)14-13-24-15-25(16-28(35)39-24)38-20-37-19-22-9-7-6-8-10-22/h6-10,21,23-27,29H,5,11-20H2,1-4H3/t21-,23-,24-,25-,26-,27-,29-/m0/s1. The zero-order valence-corrected chi connectivity index (χ0v) is 24.4. The quantitative estimate of drug-likeness (QED) is 0.162. The molecule has 2 saturated carbocycles. The SMILES string of the molecule is CCC(C)(C)C(=O)O[C@H]1CC(F)(F)C[C@@H]2CC[C@H](C)[C@H](CC[C@H]3C[C@H](OCOCc4ccccc4)CC(=O)O3)[C@H]21. The van der Waals surface area contributed by atoms with Gasteiger partial charge in [0, 0.05) is 25.2 Å². The van der Waals surface area contributed by atoms with E-state index in [4.69, 9.17) is 18.9 Å². The van der Waals surface area contributed by atoms with Crippen LogP contribution < -0.4 is 0 Å². The molecule has 1 aromatic carbocycles. The van der Waals surface area contributed by atoms with Crippen LogP contribution in [0.25, 0.3) is 0 Å². The molecule has 8 heteroatoms. The molecule has 1 aliphatic heterocycles. The Morgan fingerprint density at radius 2 is 1.88 bits per heavy atom. The summed E-state index contributed by atoms with van der Waals surface area (Å²) in [6.07, 6.45) is 2.37. The van der Waals surface area contributed by atoms with Gasteiger partial charge in [-0.3, -0.25) is 9.59 Å². The van der Waals surface area contributed by atoms with Crippen molar-refractivity contribution in [2.24, 2.45) is 29.1 Å². The van der Waals surface area contributed by atoms with E-state index in [0.717, 1.165) is 24.8 Å². The molecule has 224 valence electrons. The summed E-state index contributed by atoms with van der Waals surface area (Å²) in [6, 6.07) is 9.82. The van der Waals surface area contributed by atoms with Crippen LogP contribution in [0.4, 0.5) is 8.78 Å². The molecular formula is C32H46F2O6. The molecule has 2 aliphatic carbocycles. The van der Waals surface area contributed by atoms with Crippen molar-refractivity contribution in [2.45, 2.75) is 116 Å². The van der Waals surface area contributed by atoms with Gasteiger partial charge in [-0.05, 0) is 62.8 Å². The molecule has 0 unspecified atom stereocenters. The average molecular weight is 565 g/mol. The van der Waals surface area contributed by atoms with Gasteiger partial charge in [0.05, 0.1) is 24.5 Å². The van der Waals surface area contributed by atoms with Crippen molar-refractivity contribution < 1.29 is 37.3 Å². The van der Waals surface area contributed by atoms with Gasteiger partial charge in [-0.2, -0.15) is 0 Å². The van der Waals surface area contributed by atoms with Crippen LogP contribution in [-0.4, -0.2) is 43.0 Å². The zero-order chi connectivity index (χ0) is 28.9. The molecule has 7 atom stereocenters. The Balaban J connectivity index is 1.35. The monoisotopic (exact) mass is 564 g/mol. The summed E-state index contributed by atoms with van der Waals surface area (Å²) < 4.78 is 52.7. The van der Waals surface area contributed by atoms with E-state index in [1.165, 1.54) is 0 Å². The van der Waals surface area contributed by atoms with Crippen LogP contribution in [0.3, 0.4) is 0 Å². The fraction of sp³-hybridized carbons (Fsp3) is 0.750. The predicted octanol–water partition coefficient (Wildman–Crippen LogP) is 7.09. The molecule has 1 saturated heterocycles. The van der Waals surface area contributed by atoms with Gasteiger partial charge in [0.25, 0.3) is 5.92 Å². The number of hydrogen-bond donors (Lipinski definition) is 0. The zero-order valence-electron chi connectivity index (χ0n) is 24.4. The van der Waals surface area contributed by atoms with Crippen molar-refractivity contribution >= 4 is 11.9 Å². The number of alkyl halides is 2. The van der Waals surface area contributed by atoms with Gasteiger partial charge in [0.1, 0.15) is 19.0 Å². The molecule has 1 heterocycles. The third-order valence-electron chi connectivity index (χ3n) is 9.49. The predicted molar refractivity (Wildman–Crippen MR) is 146 cm³/mol. The molecule has 4 rings (SSSR count). The van der Waals surface area contributed by atoms with Crippen LogP contribution in [0.5, 0.6) is 0 Å². The summed E-state index contributed by atoms with van der Waals surface area (Å²) in [5.41, 5.74) is 0.336. The largest absolute Gasteiger partial charge is 0.462 e. The Kier molecular flexibility index (Phi) is 10.3. The number of benzene rings is 1. The average Bonchev–Trinajstić information content (AvgIpc) is 2.90. The summed E-state index contributed by atoms with van der Waals surface area (Å²) in [7, 11) is 0. The summed E-state index contributed by atoms with van der Waals surface area (Å²) in [5, 5.41) is 0. The Morgan fingerprint density at radius 1 is 1.12 bits per heavy atom. The van der Waals surface area contributed by atoms with E-state index in [-0.39, 0.29) is 55.6 Å². The van der Waals surface area contributed by atoms with Crippen LogP contribution in [0, 0.1) is 29.1 Å². The van der Waals surface area contributed by atoms with Gasteiger partial charge in [-0.25, -0.2) is 8.78 Å². The second kappa shape index (κ2) is 13.3. The maximum absolute atomic E-state index is 14.8. The van der Waals surface area contributed by atoms with Crippen molar-refractivity contribution in [1.82, 2.24) is 0 Å². The van der Waals surface area contributed by atoms with Gasteiger partial charge in [-0.1, -0.05) is 50.6 Å². The van der Waals surface area contributed by atoms with Gasteiger partial charge in [0.15, 0.2) is 0 Å². The summed E-state index contributed by atoms with van der Waals surface area (Å²) >= 11 is 0. The fourth-order valence-electron chi connectivity index (χ4n) is 6.77. The van der Waals surface area contributed by atoms with Crippen molar-refractivity contribution in [3.63, 3.8) is 0 Å². The van der Waals surface area contributed by atoms with Crippen molar-refractivity contribution in [3.05, 3.63) is 35.9 Å². The first-order chi connectivity index (χ1) is 19.0. The lowest BCUT2D eigenvalue weighted by Crippen LogP contribution is -2.51. The smallest absolute Gasteiger partial charge is 0.311 e. The maximum atomic E-state index is 14.8. The second-order valence-corrected chi connectivity index (χ2v) is 12.9. The molecule has 1 aromatic rings. The molecule has 3 aliphatic rings. The van der Waals surface area contributed by atoms with E-state index in [9.17, 15) is 18.4 Å². The number of hydrogen-bond acceptors (Lipinski definition) is 6. The Labute approximate surface area is 237 Å². The van der Waals surface area contributed by atoms with Gasteiger partial charge in [0.2, 0.25) is 0 Å². The van der Waals surface area contributed by atoms with Crippen LogP contribution >= 0.6 is 0 Å². The first-order valence-corrected chi connectivity index (χ1v) is 15.0. The van der Waals surface area contributed by atoms with E-state index < -0.39 is 29.8 Å². The number of esters is 2. The van der Waals surface area contributed by atoms with Gasteiger partial charge >= 0.3 is 11.9 Å². The number of carbonyl (C=O) groups is 2. The number of cyclic esters (lactones) is 1. The number of ether oxygens (including phenoxy) is 4. The lowest BCUT2D eigenvalue weighted by molar-refractivity contribution is -0.193. The van der Waals surface area contributed by atoms with Gasteiger partial charge in [-0.15, -0.1) is 0 Å². The normalized spacial score (nSPS) is 32.1. The molecule has 0 radical (unpaired) electrons. The Morgan fingerprint density at radius 3 is 2.60 bits per heavy atom. The van der Waals surface area contributed by atoms with Gasteiger partial charge < -0.3 is 18.9 Å². The molecule has 3 fully saturated rings. The van der Waals surface area contributed by atoms with E-state index >= 15 is 0 Å². The third-order valence-corrected chi connectivity index (χ3v) is 9.49. The lowest BCUT2D eigenvalue weighted by Gasteiger charge is -2.50. The highest BCUT2D eigenvalue weighted by atomic mass is 19.3. The summed E-state index contributed by atoms with van der Waals surface area (Å²) in [6.45, 7) is 8.21. The lowest BCUT2D eigenvalue weighted by atomic mass is 9.59. The molecule has 0 N–H and O–H groups in total. The third kappa shape index (κ3) is 8.03. The van der Waals surface area contributed by atoms with Crippen molar-refractivity contribution in [3.8, 4) is 0 Å². The maximum Gasteiger partial charge on any atom is 0.311 e. The van der Waals surface area contributed by atoms with E-state index in [0.29, 0.717) is 31.8 Å². The number of halogens is 2.